The molecular formula is C22H24FNO2. The summed E-state index contributed by atoms with van der Waals surface area (Å²) in [4.78, 5) is 14.1. The summed E-state index contributed by atoms with van der Waals surface area (Å²) in [6, 6.07) is 19.5. The highest BCUT2D eigenvalue weighted by Crippen LogP contribution is 2.47. The fourth-order valence-corrected chi connectivity index (χ4v) is 4.49. The van der Waals surface area contributed by atoms with Gasteiger partial charge >= 0.3 is 6.09 Å². The van der Waals surface area contributed by atoms with Crippen molar-refractivity contribution >= 4 is 6.09 Å². The predicted octanol–water partition coefficient (Wildman–Crippen LogP) is 4.62. The molecule has 0 N–H and O–H groups in total. The summed E-state index contributed by atoms with van der Waals surface area (Å²) >= 11 is 0. The molecule has 2 fully saturated rings. The van der Waals surface area contributed by atoms with Crippen molar-refractivity contribution < 1.29 is 13.9 Å². The Bertz CT molecular complexity index is 735. The third kappa shape index (κ3) is 3.74. The van der Waals surface area contributed by atoms with E-state index in [4.69, 9.17) is 4.74 Å². The van der Waals surface area contributed by atoms with E-state index in [9.17, 15) is 4.79 Å². The molecule has 1 aliphatic carbocycles. The lowest BCUT2D eigenvalue weighted by molar-refractivity contribution is 0.0946. The number of benzene rings is 2. The number of fused-ring (bicyclic) bond motifs is 1. The SMILES string of the molecule is O=C(OCc1ccccc1)N1CC2C[C@](F)(Cc3ccccc3)C[C@@H]2C1. The molecule has 1 saturated carbocycles. The van der Waals surface area contributed by atoms with Gasteiger partial charge in [-0.25, -0.2) is 9.18 Å². The highest BCUT2D eigenvalue weighted by atomic mass is 19.1. The second kappa shape index (κ2) is 7.10. The predicted molar refractivity (Wildman–Crippen MR) is 98.4 cm³/mol. The number of carbonyl (C=O) groups excluding carboxylic acids is 1. The third-order valence-corrected chi connectivity index (χ3v) is 5.66. The number of nitrogens with zero attached hydrogens (tertiary/aromatic N) is 1. The quantitative estimate of drug-likeness (QED) is 0.803. The van der Waals surface area contributed by atoms with Crippen molar-refractivity contribution in [2.75, 3.05) is 13.1 Å². The van der Waals surface area contributed by atoms with E-state index in [1.54, 1.807) is 4.90 Å². The standard InChI is InChI=1S/C22H24FNO2/c23-22(11-17-7-3-1-4-8-17)12-19-14-24(15-20(19)13-22)21(25)26-16-18-9-5-2-6-10-18/h1-10,19-20H,11-16H2/t19-,20?,22+/m1/s1. The average Bonchev–Trinajstić information content (AvgIpc) is 3.16. The van der Waals surface area contributed by atoms with Gasteiger partial charge in [0.05, 0.1) is 0 Å². The number of hydrogen-bond acceptors (Lipinski definition) is 2. The van der Waals surface area contributed by atoms with E-state index < -0.39 is 5.67 Å². The molecule has 2 aromatic carbocycles. The number of amides is 1. The Balaban J connectivity index is 1.30. The molecule has 4 rings (SSSR count). The highest BCUT2D eigenvalue weighted by Gasteiger charge is 2.50. The van der Waals surface area contributed by atoms with Crippen molar-refractivity contribution in [3.05, 3.63) is 71.8 Å². The molecule has 1 aliphatic heterocycles. The molecule has 0 aromatic heterocycles. The molecule has 0 radical (unpaired) electrons. The highest BCUT2D eigenvalue weighted by molar-refractivity contribution is 5.68. The van der Waals surface area contributed by atoms with Gasteiger partial charge in [0.1, 0.15) is 12.3 Å². The number of hydrogen-bond donors (Lipinski definition) is 0. The van der Waals surface area contributed by atoms with E-state index in [-0.39, 0.29) is 24.5 Å². The van der Waals surface area contributed by atoms with E-state index in [1.807, 2.05) is 60.7 Å². The van der Waals surface area contributed by atoms with E-state index >= 15 is 4.39 Å². The first-order valence-electron chi connectivity index (χ1n) is 9.30. The fraction of sp³-hybridized carbons (Fsp3) is 0.409. The third-order valence-electron chi connectivity index (χ3n) is 5.66. The maximum atomic E-state index is 15.3. The van der Waals surface area contributed by atoms with Gasteiger partial charge in [0.15, 0.2) is 0 Å². The zero-order valence-electron chi connectivity index (χ0n) is 14.8. The van der Waals surface area contributed by atoms with Crippen molar-refractivity contribution in [1.82, 2.24) is 4.90 Å². The topological polar surface area (TPSA) is 29.5 Å². The van der Waals surface area contributed by atoms with Crippen molar-refractivity contribution in [1.29, 1.82) is 0 Å². The molecule has 0 bridgehead atoms. The summed E-state index contributed by atoms with van der Waals surface area (Å²) in [6.07, 6.45) is 1.26. The normalized spacial score (nSPS) is 27.3. The van der Waals surface area contributed by atoms with Gasteiger partial charge < -0.3 is 9.64 Å². The van der Waals surface area contributed by atoms with Crippen LogP contribution >= 0.6 is 0 Å². The number of carbonyl (C=O) groups is 1. The van der Waals surface area contributed by atoms with Crippen LogP contribution < -0.4 is 0 Å². The van der Waals surface area contributed by atoms with Gasteiger partial charge in [-0.2, -0.15) is 0 Å². The van der Waals surface area contributed by atoms with Gasteiger partial charge in [0.25, 0.3) is 0 Å². The summed E-state index contributed by atoms with van der Waals surface area (Å²) in [5.74, 6) is 0.487. The Morgan fingerprint density at radius 3 is 2.08 bits per heavy atom. The lowest BCUT2D eigenvalue weighted by Crippen LogP contribution is -2.33. The molecule has 136 valence electrons. The van der Waals surface area contributed by atoms with Crippen molar-refractivity contribution in [2.45, 2.75) is 31.5 Å². The molecule has 3 nitrogen and oxygen atoms in total. The van der Waals surface area contributed by atoms with E-state index in [1.165, 1.54) is 0 Å². The smallest absolute Gasteiger partial charge is 0.410 e. The first kappa shape index (κ1) is 17.1. The average molecular weight is 353 g/mol. The zero-order chi connectivity index (χ0) is 18.0. The van der Waals surface area contributed by atoms with Gasteiger partial charge in [0.2, 0.25) is 0 Å². The second-order valence-corrected chi connectivity index (χ2v) is 7.69. The molecule has 26 heavy (non-hydrogen) atoms. The van der Waals surface area contributed by atoms with Gasteiger partial charge in [-0.15, -0.1) is 0 Å². The Kier molecular flexibility index (Phi) is 4.66. The summed E-state index contributed by atoms with van der Waals surface area (Å²) in [5.41, 5.74) is 0.886. The van der Waals surface area contributed by atoms with E-state index in [0.717, 1.165) is 11.1 Å². The Hall–Kier alpha value is -2.36. The fourth-order valence-electron chi connectivity index (χ4n) is 4.49. The van der Waals surface area contributed by atoms with Crippen molar-refractivity contribution in [2.24, 2.45) is 11.8 Å². The maximum absolute atomic E-state index is 15.3. The van der Waals surface area contributed by atoms with Crippen LogP contribution in [0, 0.1) is 11.8 Å². The van der Waals surface area contributed by atoms with E-state index in [2.05, 4.69) is 0 Å². The van der Waals surface area contributed by atoms with Crippen LogP contribution in [0.5, 0.6) is 0 Å². The number of halogens is 1. The largest absolute Gasteiger partial charge is 0.445 e. The summed E-state index contributed by atoms with van der Waals surface area (Å²) in [6.45, 7) is 1.50. The molecule has 2 aromatic rings. The molecule has 1 heterocycles. The van der Waals surface area contributed by atoms with Gasteiger partial charge in [-0.1, -0.05) is 60.7 Å². The van der Waals surface area contributed by atoms with Crippen LogP contribution in [0.4, 0.5) is 9.18 Å². The second-order valence-electron chi connectivity index (χ2n) is 7.69. The number of ether oxygens (including phenoxy) is 1. The van der Waals surface area contributed by atoms with Crippen LogP contribution in [-0.2, 0) is 17.8 Å². The molecular weight excluding hydrogens is 329 g/mol. The Labute approximate surface area is 153 Å². The van der Waals surface area contributed by atoms with Crippen LogP contribution in [0.15, 0.2) is 60.7 Å². The van der Waals surface area contributed by atoms with Crippen molar-refractivity contribution in [3.63, 3.8) is 0 Å². The van der Waals surface area contributed by atoms with Crippen molar-refractivity contribution in [3.8, 4) is 0 Å². The van der Waals surface area contributed by atoms with Crippen LogP contribution in [-0.4, -0.2) is 29.8 Å². The van der Waals surface area contributed by atoms with Crippen LogP contribution in [0.3, 0.4) is 0 Å². The molecule has 1 unspecified atom stereocenters. The molecule has 1 saturated heterocycles. The van der Waals surface area contributed by atoms with Crippen LogP contribution in [0.1, 0.15) is 24.0 Å². The lowest BCUT2D eigenvalue weighted by atomic mass is 9.93. The molecule has 1 amide bonds. The first-order valence-corrected chi connectivity index (χ1v) is 9.30. The van der Waals surface area contributed by atoms with E-state index in [0.29, 0.717) is 32.4 Å². The lowest BCUT2D eigenvalue weighted by Gasteiger charge is -2.23. The monoisotopic (exact) mass is 353 g/mol. The van der Waals surface area contributed by atoms with Crippen LogP contribution in [0.25, 0.3) is 0 Å². The maximum Gasteiger partial charge on any atom is 0.410 e. The van der Waals surface area contributed by atoms with Crippen LogP contribution in [0.2, 0.25) is 0 Å². The minimum Gasteiger partial charge on any atom is -0.445 e. The minimum absolute atomic E-state index is 0.244. The Morgan fingerprint density at radius 2 is 1.50 bits per heavy atom. The number of rotatable bonds is 4. The molecule has 0 spiro atoms. The molecule has 2 aliphatic rings. The summed E-state index contributed by atoms with van der Waals surface area (Å²) in [5, 5.41) is 0. The van der Waals surface area contributed by atoms with Gasteiger partial charge in [0, 0.05) is 19.5 Å². The number of alkyl halides is 1. The number of likely N-dealkylation sites (tertiary alicyclic amines) is 1. The first-order chi connectivity index (χ1) is 12.6. The van der Waals surface area contributed by atoms with Gasteiger partial charge in [-0.3, -0.25) is 0 Å². The Morgan fingerprint density at radius 1 is 0.962 bits per heavy atom. The zero-order valence-corrected chi connectivity index (χ0v) is 14.8. The minimum atomic E-state index is -1.14. The molecule has 4 heteroatoms. The summed E-state index contributed by atoms with van der Waals surface area (Å²) < 4.78 is 20.7. The molecule has 3 atom stereocenters. The van der Waals surface area contributed by atoms with Gasteiger partial charge in [-0.05, 0) is 35.8 Å². The summed E-state index contributed by atoms with van der Waals surface area (Å²) in [7, 11) is 0.